The number of rotatable bonds is 16. The van der Waals surface area contributed by atoms with E-state index in [1.54, 1.807) is 13.2 Å². The topological polar surface area (TPSA) is 55.4 Å². The van der Waals surface area contributed by atoms with Gasteiger partial charge in [-0.3, -0.25) is 0 Å². The minimum absolute atomic E-state index is 0.109. The molecule has 6 nitrogen and oxygen atoms in total. The molecular formula is C37H40O6Se. The van der Waals surface area contributed by atoms with E-state index in [0.717, 1.165) is 16.7 Å². The Morgan fingerprint density at radius 3 is 1.70 bits per heavy atom. The van der Waals surface area contributed by atoms with E-state index in [1.165, 1.54) is 4.46 Å². The van der Waals surface area contributed by atoms with Gasteiger partial charge in [0.1, 0.15) is 0 Å². The zero-order valence-electron chi connectivity index (χ0n) is 25.0. The Morgan fingerprint density at radius 2 is 1.18 bits per heavy atom. The Morgan fingerprint density at radius 1 is 0.682 bits per heavy atom. The van der Waals surface area contributed by atoms with Crippen molar-refractivity contribution in [2.24, 2.45) is 0 Å². The van der Waals surface area contributed by atoms with Crippen molar-refractivity contribution in [3.8, 4) is 0 Å². The van der Waals surface area contributed by atoms with Crippen LogP contribution in [0.2, 0.25) is 0 Å². The van der Waals surface area contributed by atoms with E-state index in [1.807, 2.05) is 72.8 Å². The van der Waals surface area contributed by atoms with Crippen LogP contribution in [0, 0.1) is 0 Å². The van der Waals surface area contributed by atoms with Crippen LogP contribution in [0.1, 0.15) is 16.7 Å². The summed E-state index contributed by atoms with van der Waals surface area (Å²) in [7, 11) is 1.61. The first-order valence-corrected chi connectivity index (χ1v) is 16.7. The molecule has 1 saturated heterocycles. The van der Waals surface area contributed by atoms with Gasteiger partial charge in [-0.2, -0.15) is 0 Å². The third-order valence-corrected chi connectivity index (χ3v) is 9.69. The van der Waals surface area contributed by atoms with E-state index in [4.69, 9.17) is 28.4 Å². The molecule has 0 N–H and O–H groups in total. The normalized spacial score (nSPS) is 22.3. The van der Waals surface area contributed by atoms with Crippen molar-refractivity contribution >= 4 is 19.4 Å². The van der Waals surface area contributed by atoms with E-state index < -0.39 is 30.7 Å². The molecular weight excluding hydrogens is 619 g/mol. The molecule has 0 aromatic heterocycles. The number of hydrogen-bond acceptors (Lipinski definition) is 6. The van der Waals surface area contributed by atoms with E-state index in [2.05, 4.69) is 55.1 Å². The molecule has 0 saturated carbocycles. The molecule has 0 spiro atoms. The monoisotopic (exact) mass is 660 g/mol. The minimum atomic E-state index is -0.638. The number of methoxy groups -OCH3 is 1. The first-order valence-electron chi connectivity index (χ1n) is 14.8. The quantitative estimate of drug-likeness (QED) is 0.0878. The van der Waals surface area contributed by atoms with Crippen LogP contribution in [-0.4, -0.2) is 64.4 Å². The molecule has 7 heteroatoms. The fourth-order valence-electron chi connectivity index (χ4n) is 5.04. The molecule has 230 valence electrons. The van der Waals surface area contributed by atoms with Gasteiger partial charge in [0.2, 0.25) is 0 Å². The summed E-state index contributed by atoms with van der Waals surface area (Å²) in [6.07, 6.45) is -0.844. The molecule has 6 atom stereocenters. The number of hydrogen-bond donors (Lipinski definition) is 0. The van der Waals surface area contributed by atoms with Crippen molar-refractivity contribution < 1.29 is 28.4 Å². The van der Waals surface area contributed by atoms with Crippen molar-refractivity contribution in [2.45, 2.75) is 55.5 Å². The first kappa shape index (κ1) is 32.3. The SMILES string of the molecule is C=CC(OC)O[C@@H]1[C@@H](OCc2ccccc2)[C@H](OCc2ccccc2)[C@@H](COCc2ccccc2)O[C@H]1[Se]c1ccccc1. The first-order chi connectivity index (χ1) is 21.7. The van der Waals surface area contributed by atoms with Crippen LogP contribution in [0.5, 0.6) is 0 Å². The van der Waals surface area contributed by atoms with Crippen LogP contribution in [0.25, 0.3) is 0 Å². The standard InChI is InChI=1S/C37H40O6Se/c1-3-33(38-2)43-36-35(41-26-30-20-12-6-13-21-30)34(40-25-29-18-10-5-11-19-29)32(27-39-24-28-16-8-4-9-17-28)42-37(36)44-31-22-14-7-15-23-31/h3-23,32-37H,1,24-27H2,2H3/t32-,33?,34-,35+,36-,37+/m1/s1. The summed E-state index contributed by atoms with van der Waals surface area (Å²) in [5.74, 6) is 0. The fourth-order valence-corrected chi connectivity index (χ4v) is 7.42. The molecule has 1 aliphatic rings. The average Bonchev–Trinajstić information content (AvgIpc) is 3.08. The van der Waals surface area contributed by atoms with E-state index >= 15 is 0 Å². The zero-order chi connectivity index (χ0) is 30.4. The number of benzene rings is 4. The van der Waals surface area contributed by atoms with Gasteiger partial charge < -0.3 is 0 Å². The van der Waals surface area contributed by atoms with Gasteiger partial charge >= 0.3 is 268 Å². The van der Waals surface area contributed by atoms with Crippen LogP contribution < -0.4 is 4.46 Å². The maximum absolute atomic E-state index is 6.90. The second-order valence-corrected chi connectivity index (χ2v) is 12.9. The third-order valence-electron chi connectivity index (χ3n) is 7.27. The Balaban J connectivity index is 1.46. The predicted octanol–water partition coefficient (Wildman–Crippen LogP) is 5.67. The van der Waals surface area contributed by atoms with Crippen molar-refractivity contribution in [1.82, 2.24) is 0 Å². The molecule has 1 unspecified atom stereocenters. The molecule has 0 radical (unpaired) electrons. The average molecular weight is 660 g/mol. The van der Waals surface area contributed by atoms with Crippen molar-refractivity contribution in [1.29, 1.82) is 0 Å². The zero-order valence-corrected chi connectivity index (χ0v) is 26.7. The molecule has 44 heavy (non-hydrogen) atoms. The Labute approximate surface area is 267 Å². The Kier molecular flexibility index (Phi) is 12.8. The van der Waals surface area contributed by atoms with Crippen LogP contribution in [0.3, 0.4) is 0 Å². The molecule has 0 amide bonds. The maximum atomic E-state index is 6.90. The Hall–Kier alpha value is -3.10. The predicted molar refractivity (Wildman–Crippen MR) is 172 cm³/mol. The summed E-state index contributed by atoms with van der Waals surface area (Å²) in [5, 5.41) is -0.301. The molecule has 1 aliphatic heterocycles. The molecule has 4 aromatic rings. The summed E-state index contributed by atoms with van der Waals surface area (Å²) < 4.78 is 40.0. The molecule has 0 bridgehead atoms. The van der Waals surface area contributed by atoms with Gasteiger partial charge in [-0.15, -0.1) is 0 Å². The third kappa shape index (κ3) is 9.45. The summed E-state index contributed by atoms with van der Waals surface area (Å²) in [6, 6.07) is 40.8. The van der Waals surface area contributed by atoms with Gasteiger partial charge in [-0.05, 0) is 0 Å². The summed E-state index contributed by atoms with van der Waals surface area (Å²) >= 11 is -0.109. The van der Waals surface area contributed by atoms with Gasteiger partial charge in [-0.25, -0.2) is 0 Å². The van der Waals surface area contributed by atoms with E-state index in [9.17, 15) is 0 Å². The molecule has 4 aromatic carbocycles. The van der Waals surface area contributed by atoms with Gasteiger partial charge in [0.15, 0.2) is 0 Å². The van der Waals surface area contributed by atoms with Gasteiger partial charge in [-0.1, -0.05) is 0 Å². The summed E-state index contributed by atoms with van der Waals surface area (Å²) in [6.45, 7) is 5.52. The van der Waals surface area contributed by atoms with Gasteiger partial charge in [0.05, 0.1) is 0 Å². The Bertz CT molecular complexity index is 1360. The van der Waals surface area contributed by atoms with Crippen molar-refractivity contribution in [3.63, 3.8) is 0 Å². The van der Waals surface area contributed by atoms with Crippen molar-refractivity contribution in [2.75, 3.05) is 13.7 Å². The van der Waals surface area contributed by atoms with Crippen LogP contribution in [0.4, 0.5) is 0 Å². The van der Waals surface area contributed by atoms with E-state index in [0.29, 0.717) is 26.4 Å². The molecule has 1 heterocycles. The van der Waals surface area contributed by atoms with Crippen molar-refractivity contribution in [3.05, 3.63) is 151 Å². The van der Waals surface area contributed by atoms with Crippen LogP contribution in [-0.2, 0) is 48.2 Å². The molecule has 0 aliphatic carbocycles. The molecule has 1 fully saturated rings. The van der Waals surface area contributed by atoms with Gasteiger partial charge in [0.25, 0.3) is 0 Å². The van der Waals surface area contributed by atoms with Gasteiger partial charge in [0, 0.05) is 0 Å². The van der Waals surface area contributed by atoms with Crippen LogP contribution >= 0.6 is 0 Å². The summed E-state index contributed by atoms with van der Waals surface area (Å²) in [4.78, 5) is 0. The van der Waals surface area contributed by atoms with E-state index in [-0.39, 0.29) is 20.0 Å². The second-order valence-electron chi connectivity index (χ2n) is 10.4. The fraction of sp³-hybridized carbons (Fsp3) is 0.297. The molecule has 5 rings (SSSR count). The number of ether oxygens (including phenoxy) is 6. The summed E-state index contributed by atoms with van der Waals surface area (Å²) in [5.41, 5.74) is 3.22. The van der Waals surface area contributed by atoms with Crippen LogP contribution in [0.15, 0.2) is 134 Å². The second kappa shape index (κ2) is 17.4.